The fourth-order valence-corrected chi connectivity index (χ4v) is 11.6. The number of nitrogens with one attached hydrogen (secondary N) is 1. The molecule has 1 aliphatic carbocycles. The number of benzene rings is 4. The number of rotatable bonds is 17. The van der Waals surface area contributed by atoms with Crippen LogP contribution in [0.2, 0.25) is 0 Å². The molecule has 4 aromatic carbocycles. The lowest BCUT2D eigenvalue weighted by Gasteiger charge is -2.51. The van der Waals surface area contributed by atoms with Gasteiger partial charge in [0.15, 0.2) is 37.1 Å². The third-order valence-corrected chi connectivity index (χ3v) is 15.3. The minimum Gasteiger partial charge on any atom is -0.463 e. The van der Waals surface area contributed by atoms with Crippen LogP contribution in [-0.2, 0) is 66.5 Å². The van der Waals surface area contributed by atoms with E-state index < -0.39 is 173 Å². The summed E-state index contributed by atoms with van der Waals surface area (Å²) >= 11 is 0. The molecular weight excluding hydrogens is 1140 g/mol. The molecule has 3 aliphatic heterocycles. The second kappa shape index (κ2) is 25.2. The molecule has 23 nitrogen and oxygen atoms in total. The average molecular weight is 1190 g/mol. The Bertz CT molecular complexity index is 3320. The molecule has 1 amide bonds. The van der Waals surface area contributed by atoms with E-state index in [0.717, 1.165) is 49.9 Å². The maximum Gasteiger partial charge on any atom is 0.407 e. The predicted molar refractivity (Wildman–Crippen MR) is 269 cm³/mol. The Labute approximate surface area is 466 Å². The molecule has 5 aromatic rings. The first-order chi connectivity index (χ1) is 39.3. The summed E-state index contributed by atoms with van der Waals surface area (Å²) in [4.78, 5) is 94.2. The van der Waals surface area contributed by atoms with E-state index in [-0.39, 0.29) is 6.61 Å². The van der Waals surface area contributed by atoms with Gasteiger partial charge in [0.05, 0.1) is 12.7 Å². The van der Waals surface area contributed by atoms with Crippen molar-refractivity contribution < 1.29 is 98.0 Å². The summed E-state index contributed by atoms with van der Waals surface area (Å²) in [6.45, 7) is 2.54. The molecule has 13 atom stereocenters. The van der Waals surface area contributed by atoms with Crippen molar-refractivity contribution >= 4 is 50.7 Å². The van der Waals surface area contributed by atoms with E-state index in [9.17, 15) is 52.3 Å². The molecule has 0 unspecified atom stereocenters. The molecule has 82 heavy (non-hydrogen) atoms. The molecule has 1 aromatic heterocycles. The van der Waals surface area contributed by atoms with Crippen molar-refractivity contribution in [2.75, 3.05) is 19.8 Å². The third kappa shape index (κ3) is 12.2. The van der Waals surface area contributed by atoms with E-state index in [2.05, 4.69) is 15.3 Å². The number of hydrogen-bond acceptors (Lipinski definition) is 21. The number of halogens is 5. The first-order valence-electron chi connectivity index (χ1n) is 24.8. The zero-order valence-corrected chi connectivity index (χ0v) is 44.7. The van der Waals surface area contributed by atoms with E-state index in [1.807, 2.05) is 24.3 Å². The first-order valence-corrected chi connectivity index (χ1v) is 26.9. The molecular formula is C52H46F5N5O18S2. The van der Waals surface area contributed by atoms with Gasteiger partial charge < -0.3 is 57.4 Å². The standard InChI is InChI=1S/C52H46F5N5O18S2/c1-21(38(46(66)78-43-36(56)34(54)33(53)35(55)37(43)57)59-50(67)72-18-30-28-16-10-8-14-26(28)27-15-9-11-17-29(27)30)73-48-39(60-61-58)44(41-32(76-48)20-71-47(79-41)25-12-6-5-7-13-25)80-49-40(62-51(68)81-82-52(62)69)45(75-24(4)65)42(74-23(3)64)31(77-49)19-70-22(2)63/h5-17,21,30-32,38-42,44-45,47-49H,18-20H2,1-4H3,(H,59,67)/t21-,31-,32-,38+,39-,40-,41+,42-,44-,45-,47+,48+,49+/m1/s1. The van der Waals surface area contributed by atoms with E-state index >= 15 is 8.78 Å². The van der Waals surface area contributed by atoms with Crippen LogP contribution in [0.25, 0.3) is 21.6 Å². The van der Waals surface area contributed by atoms with Gasteiger partial charge in [-0.15, -0.1) is 0 Å². The Morgan fingerprint density at radius 1 is 0.732 bits per heavy atom. The molecule has 3 saturated heterocycles. The van der Waals surface area contributed by atoms with Gasteiger partial charge in [-0.2, -0.15) is 8.78 Å². The summed E-state index contributed by atoms with van der Waals surface area (Å²) in [5.41, 5.74) is 13.9. The van der Waals surface area contributed by atoms with Gasteiger partial charge in [-0.3, -0.25) is 24.0 Å². The number of aromatic nitrogens is 1. The van der Waals surface area contributed by atoms with E-state index in [1.165, 1.54) is 0 Å². The second-order valence-corrected chi connectivity index (χ2v) is 20.7. The zero-order chi connectivity index (χ0) is 58.7. The minimum atomic E-state index is -2.58. The highest BCUT2D eigenvalue weighted by atomic mass is 32.9. The van der Waals surface area contributed by atoms with Crippen LogP contribution in [0.3, 0.4) is 0 Å². The van der Waals surface area contributed by atoms with Crippen LogP contribution in [0, 0.1) is 29.1 Å². The van der Waals surface area contributed by atoms with Crippen molar-refractivity contribution in [1.29, 1.82) is 0 Å². The normalized spacial score (nSPS) is 25.4. The summed E-state index contributed by atoms with van der Waals surface area (Å²) in [6.07, 6.45) is -18.5. The predicted octanol–water partition coefficient (Wildman–Crippen LogP) is 6.54. The largest absolute Gasteiger partial charge is 0.463 e. The zero-order valence-electron chi connectivity index (χ0n) is 43.1. The summed E-state index contributed by atoms with van der Waals surface area (Å²) in [5, 5.41) is 6.08. The Kier molecular flexibility index (Phi) is 18.1. The SMILES string of the molecule is CC(=O)OC[C@H]1O[C@@H](O[C@@H]2[C@@H](N=[N+]=[N-])[C@@H](O[C@H](C)[C@H](NC(=O)OCC3c4ccccc4-c4ccccc43)C(=O)Oc3c(F)c(F)c(F)c(F)c3F)O[C@@H]3CO[C@H](c4ccccc4)O[C@H]23)[C@H](n2c(=O)ssc2=O)[C@@H](OC(C)=O)[C@@H]1OC(C)=O. The van der Waals surface area contributed by atoms with Crippen molar-refractivity contribution in [2.45, 2.75) is 113 Å². The Morgan fingerprint density at radius 3 is 1.91 bits per heavy atom. The summed E-state index contributed by atoms with van der Waals surface area (Å²) in [5.74, 6) is -20.0. The third-order valence-electron chi connectivity index (χ3n) is 13.5. The lowest BCUT2D eigenvalue weighted by atomic mass is 9.93. The fraction of sp³-hybridized carbons (Fsp3) is 0.404. The molecule has 0 saturated carbocycles. The van der Waals surface area contributed by atoms with Gasteiger partial charge in [0.2, 0.25) is 34.8 Å². The van der Waals surface area contributed by atoms with Crippen LogP contribution in [-0.4, -0.2) is 122 Å². The van der Waals surface area contributed by atoms with Crippen LogP contribution < -0.4 is 19.8 Å². The number of carbonyl (C=O) groups is 5. The Balaban J connectivity index is 1.09. The average Bonchev–Trinajstić information content (AvgIpc) is 4.15. The van der Waals surface area contributed by atoms with Crippen molar-refractivity contribution in [2.24, 2.45) is 5.11 Å². The van der Waals surface area contributed by atoms with Gasteiger partial charge >= 0.3 is 39.7 Å². The summed E-state index contributed by atoms with van der Waals surface area (Å²) in [6, 6.07) is 16.7. The summed E-state index contributed by atoms with van der Waals surface area (Å²) in [7, 11) is 0.921. The fourth-order valence-electron chi connectivity index (χ4n) is 9.95. The summed E-state index contributed by atoms with van der Waals surface area (Å²) < 4.78 is 139. The first kappa shape index (κ1) is 59.0. The molecule has 0 radical (unpaired) electrons. The highest BCUT2D eigenvalue weighted by molar-refractivity contribution is 7.67. The van der Waals surface area contributed by atoms with Crippen LogP contribution in [0.5, 0.6) is 5.75 Å². The number of carbonyl (C=O) groups excluding carboxylic acids is 5. The number of amides is 1. The Morgan fingerprint density at radius 2 is 1.32 bits per heavy atom. The van der Waals surface area contributed by atoms with Crippen molar-refractivity contribution in [3.8, 4) is 16.9 Å². The van der Waals surface area contributed by atoms with Gasteiger partial charge in [-0.1, -0.05) is 84.0 Å². The number of esters is 4. The Hall–Kier alpha value is -7.67. The highest BCUT2D eigenvalue weighted by Gasteiger charge is 2.58. The van der Waals surface area contributed by atoms with Crippen LogP contribution in [0.1, 0.15) is 62.6 Å². The monoisotopic (exact) mass is 1190 g/mol. The molecule has 30 heteroatoms. The van der Waals surface area contributed by atoms with Gasteiger partial charge in [-0.05, 0) is 55.4 Å². The minimum absolute atomic E-state index is 0.372. The number of alkyl carbamates (subject to hydrolysis) is 1. The second-order valence-electron chi connectivity index (χ2n) is 18.7. The molecule has 0 bridgehead atoms. The number of fused-ring (bicyclic) bond motifs is 4. The van der Waals surface area contributed by atoms with Crippen LogP contribution in [0.15, 0.2) is 93.6 Å². The maximum absolute atomic E-state index is 15.1. The molecule has 4 aliphatic rings. The van der Waals surface area contributed by atoms with E-state index in [1.54, 1.807) is 54.6 Å². The molecule has 0 spiro atoms. The molecule has 4 heterocycles. The number of azide groups is 1. The number of ether oxygens (including phenoxy) is 11. The van der Waals surface area contributed by atoms with Crippen molar-refractivity contribution in [3.05, 3.63) is 154 Å². The number of nitrogens with zero attached hydrogens (tertiary/aromatic N) is 4. The topological polar surface area (TPSA) is 287 Å². The van der Waals surface area contributed by atoms with Crippen LogP contribution >= 0.6 is 20.7 Å². The van der Waals surface area contributed by atoms with Gasteiger partial charge in [-0.25, -0.2) is 27.3 Å². The van der Waals surface area contributed by atoms with E-state index in [0.29, 0.717) is 30.8 Å². The van der Waals surface area contributed by atoms with Crippen molar-refractivity contribution in [3.63, 3.8) is 0 Å². The van der Waals surface area contributed by atoms with Gasteiger partial charge in [0.1, 0.15) is 49.7 Å². The van der Waals surface area contributed by atoms with Gasteiger partial charge in [0, 0.05) is 37.2 Å². The lowest BCUT2D eigenvalue weighted by molar-refractivity contribution is -0.374. The molecule has 3 fully saturated rings. The van der Waals surface area contributed by atoms with Crippen molar-refractivity contribution in [1.82, 2.24) is 9.88 Å². The molecule has 434 valence electrons. The maximum atomic E-state index is 15.1. The molecule has 9 rings (SSSR count). The smallest absolute Gasteiger partial charge is 0.407 e. The van der Waals surface area contributed by atoms with Crippen LogP contribution in [0.4, 0.5) is 26.7 Å². The number of hydrogen-bond donors (Lipinski definition) is 1. The van der Waals surface area contributed by atoms with Gasteiger partial charge in [0.25, 0.3) is 0 Å². The quantitative estimate of drug-likeness (QED) is 0.00987. The lowest BCUT2D eigenvalue weighted by Crippen LogP contribution is -2.66. The molecule has 1 N–H and O–H groups in total. The van der Waals surface area contributed by atoms with E-state index in [4.69, 9.17) is 52.1 Å². The highest BCUT2D eigenvalue weighted by Crippen LogP contribution is 2.45.